The van der Waals surface area contributed by atoms with Gasteiger partial charge in [0, 0.05) is 17.7 Å². The normalized spacial score (nSPS) is 24.8. The van der Waals surface area contributed by atoms with Gasteiger partial charge in [0.2, 0.25) is 17.5 Å². The molecule has 12 nitrogen and oxygen atoms in total. The smallest absolute Gasteiger partial charge is 0.239 e. The largest absolute Gasteiger partial charge is 0.507 e. The van der Waals surface area contributed by atoms with Crippen LogP contribution in [0.4, 0.5) is 0 Å². The summed E-state index contributed by atoms with van der Waals surface area (Å²) in [6.07, 6.45) is -8.31. The molecular formula is C22H22O12. The Kier molecular flexibility index (Phi) is 6.25. The van der Waals surface area contributed by atoms with Crippen LogP contribution in [0.2, 0.25) is 0 Å². The first-order valence-corrected chi connectivity index (χ1v) is 10.0. The van der Waals surface area contributed by atoms with Crippen LogP contribution in [0.3, 0.4) is 0 Å². The van der Waals surface area contributed by atoms with Crippen LogP contribution in [-0.2, 0) is 4.74 Å². The van der Waals surface area contributed by atoms with Crippen LogP contribution in [0.15, 0.2) is 39.5 Å². The topological polar surface area (TPSA) is 200 Å². The summed E-state index contributed by atoms with van der Waals surface area (Å²) in [5.74, 6) is -2.16. The molecule has 2 heterocycles. The molecule has 34 heavy (non-hydrogen) atoms. The lowest BCUT2D eigenvalue weighted by atomic mass is 9.99. The van der Waals surface area contributed by atoms with Crippen molar-refractivity contribution in [2.24, 2.45) is 0 Å². The van der Waals surface area contributed by atoms with Crippen molar-refractivity contribution >= 4 is 11.0 Å². The van der Waals surface area contributed by atoms with E-state index in [4.69, 9.17) is 18.6 Å². The van der Waals surface area contributed by atoms with Crippen LogP contribution in [0.5, 0.6) is 28.7 Å². The van der Waals surface area contributed by atoms with Crippen LogP contribution in [0.25, 0.3) is 22.3 Å². The fourth-order valence-electron chi connectivity index (χ4n) is 3.62. The molecular weight excluding hydrogens is 456 g/mol. The lowest BCUT2D eigenvalue weighted by molar-refractivity contribution is -0.277. The van der Waals surface area contributed by atoms with Crippen LogP contribution in [-0.4, -0.2) is 80.2 Å². The molecule has 0 spiro atoms. The number of benzene rings is 2. The molecule has 1 aromatic heterocycles. The third kappa shape index (κ3) is 3.97. The lowest BCUT2D eigenvalue weighted by Crippen LogP contribution is -2.60. The second-order valence-corrected chi connectivity index (χ2v) is 7.63. The lowest BCUT2D eigenvalue weighted by Gasteiger charge is -2.39. The molecule has 0 unspecified atom stereocenters. The van der Waals surface area contributed by atoms with Crippen molar-refractivity contribution in [2.75, 3.05) is 13.7 Å². The highest BCUT2D eigenvalue weighted by molar-refractivity contribution is 5.88. The van der Waals surface area contributed by atoms with Gasteiger partial charge in [-0.1, -0.05) is 0 Å². The molecule has 182 valence electrons. The second-order valence-electron chi connectivity index (χ2n) is 7.63. The number of ether oxygens (including phenoxy) is 3. The minimum atomic E-state index is -1.83. The number of hydrogen-bond donors (Lipinski definition) is 7. The average molecular weight is 478 g/mol. The van der Waals surface area contributed by atoms with Gasteiger partial charge in [0.25, 0.3) is 0 Å². The van der Waals surface area contributed by atoms with Gasteiger partial charge in [-0.3, -0.25) is 4.79 Å². The number of aromatic hydroxyl groups is 3. The van der Waals surface area contributed by atoms with E-state index in [1.54, 1.807) is 0 Å². The molecule has 7 N–H and O–H groups in total. The van der Waals surface area contributed by atoms with E-state index >= 15 is 0 Å². The maximum absolute atomic E-state index is 13.4. The highest BCUT2D eigenvalue weighted by Gasteiger charge is 2.45. The maximum atomic E-state index is 13.4. The first-order valence-electron chi connectivity index (χ1n) is 10.0. The third-order valence-electron chi connectivity index (χ3n) is 5.46. The van der Waals surface area contributed by atoms with Crippen molar-refractivity contribution in [3.05, 3.63) is 40.6 Å². The average Bonchev–Trinajstić information content (AvgIpc) is 2.82. The molecule has 5 atom stereocenters. The number of methoxy groups -OCH3 is 1. The summed E-state index contributed by atoms with van der Waals surface area (Å²) in [7, 11) is 1.34. The van der Waals surface area contributed by atoms with Crippen LogP contribution >= 0.6 is 0 Å². The molecule has 1 aliphatic heterocycles. The van der Waals surface area contributed by atoms with Gasteiger partial charge in [-0.15, -0.1) is 0 Å². The number of aliphatic hydroxyl groups is 4. The molecule has 0 aliphatic carbocycles. The van der Waals surface area contributed by atoms with E-state index < -0.39 is 65.7 Å². The van der Waals surface area contributed by atoms with Crippen molar-refractivity contribution in [3.8, 4) is 40.1 Å². The summed E-state index contributed by atoms with van der Waals surface area (Å²) in [4.78, 5) is 13.4. The molecule has 0 bridgehead atoms. The standard InChI is InChI=1S/C22H22O12/c1-31-9-5-12(26)15-13(6-9)32-20(8-2-3-10(24)11(25)4-8)21(17(15)28)34-22-19(30)18(29)16(27)14(7-23)33-22/h2-6,14,16,18-19,22-27,29-30H,7H2,1H3/t14-,16-,18-,19+,22-/m1/s1. The Labute approximate surface area is 191 Å². The molecule has 1 aliphatic rings. The van der Waals surface area contributed by atoms with Gasteiger partial charge < -0.3 is 54.4 Å². The minimum Gasteiger partial charge on any atom is -0.507 e. The Bertz CT molecular complexity index is 1270. The Morgan fingerprint density at radius 2 is 1.68 bits per heavy atom. The number of hydrogen-bond acceptors (Lipinski definition) is 12. The Balaban J connectivity index is 1.92. The highest BCUT2D eigenvalue weighted by atomic mass is 16.7. The van der Waals surface area contributed by atoms with Crippen molar-refractivity contribution < 1.29 is 54.4 Å². The van der Waals surface area contributed by atoms with Crippen molar-refractivity contribution in [2.45, 2.75) is 30.7 Å². The van der Waals surface area contributed by atoms with Crippen LogP contribution in [0.1, 0.15) is 0 Å². The van der Waals surface area contributed by atoms with E-state index in [0.717, 1.165) is 12.1 Å². The third-order valence-corrected chi connectivity index (χ3v) is 5.46. The van der Waals surface area contributed by atoms with E-state index in [1.807, 2.05) is 0 Å². The van der Waals surface area contributed by atoms with Gasteiger partial charge >= 0.3 is 0 Å². The Morgan fingerprint density at radius 3 is 2.32 bits per heavy atom. The Morgan fingerprint density at radius 1 is 0.941 bits per heavy atom. The minimum absolute atomic E-state index is 0.0659. The van der Waals surface area contributed by atoms with Crippen LogP contribution < -0.4 is 14.9 Å². The SMILES string of the molecule is COc1cc(O)c2c(=O)c(O[C@H]3O[C@H](CO)[C@@H](O)[C@@H](O)[C@@H]3O)c(-c3ccc(O)c(O)c3)oc2c1. The fourth-order valence-corrected chi connectivity index (χ4v) is 3.62. The molecule has 0 radical (unpaired) electrons. The van der Waals surface area contributed by atoms with Gasteiger partial charge in [0.05, 0.1) is 13.7 Å². The van der Waals surface area contributed by atoms with E-state index in [9.17, 15) is 40.5 Å². The van der Waals surface area contributed by atoms with Gasteiger partial charge in [-0.2, -0.15) is 0 Å². The van der Waals surface area contributed by atoms with E-state index in [-0.39, 0.29) is 28.0 Å². The van der Waals surface area contributed by atoms with Gasteiger partial charge in [-0.05, 0) is 18.2 Å². The van der Waals surface area contributed by atoms with Gasteiger partial charge in [-0.25, -0.2) is 0 Å². The number of phenols is 3. The van der Waals surface area contributed by atoms with Crippen molar-refractivity contribution in [1.29, 1.82) is 0 Å². The van der Waals surface area contributed by atoms with E-state index in [0.29, 0.717) is 0 Å². The van der Waals surface area contributed by atoms with E-state index in [1.165, 1.54) is 25.3 Å². The summed E-state index contributed by atoms with van der Waals surface area (Å²) >= 11 is 0. The van der Waals surface area contributed by atoms with Crippen LogP contribution in [0, 0.1) is 0 Å². The zero-order valence-corrected chi connectivity index (χ0v) is 17.7. The summed E-state index contributed by atoms with van der Waals surface area (Å²) < 4.78 is 21.8. The number of fused-ring (bicyclic) bond motifs is 1. The molecule has 2 aromatic carbocycles. The molecule has 0 amide bonds. The quantitative estimate of drug-likeness (QED) is 0.238. The molecule has 0 saturated carbocycles. The summed E-state index contributed by atoms with van der Waals surface area (Å²) in [6.45, 7) is -0.726. The second kappa shape index (κ2) is 9.00. The maximum Gasteiger partial charge on any atom is 0.239 e. The van der Waals surface area contributed by atoms with Gasteiger partial charge in [0.15, 0.2) is 17.3 Å². The number of rotatable bonds is 5. The van der Waals surface area contributed by atoms with Gasteiger partial charge in [0.1, 0.15) is 46.9 Å². The molecule has 4 rings (SSSR count). The summed E-state index contributed by atoms with van der Waals surface area (Å²) in [6, 6.07) is 6.02. The van der Waals surface area contributed by atoms with Crippen molar-refractivity contribution in [3.63, 3.8) is 0 Å². The predicted octanol–water partition coefficient (Wildman–Crippen LogP) is -0.236. The molecule has 1 saturated heterocycles. The summed E-state index contributed by atoms with van der Waals surface area (Å²) in [5, 5.41) is 69.5. The zero-order valence-electron chi connectivity index (χ0n) is 17.7. The Hall–Kier alpha value is -3.55. The highest BCUT2D eigenvalue weighted by Crippen LogP contribution is 2.39. The number of phenolic OH excluding ortho intramolecular Hbond substituents is 3. The molecule has 1 fully saturated rings. The summed E-state index contributed by atoms with van der Waals surface area (Å²) in [5.41, 5.74) is -0.942. The number of aliphatic hydroxyl groups excluding tert-OH is 4. The fraction of sp³-hybridized carbons (Fsp3) is 0.318. The first-order chi connectivity index (χ1) is 16.2. The first kappa shape index (κ1) is 23.6. The van der Waals surface area contributed by atoms with E-state index in [2.05, 4.69) is 0 Å². The molecule has 12 heteroatoms. The monoisotopic (exact) mass is 478 g/mol. The molecule has 3 aromatic rings. The zero-order chi connectivity index (χ0) is 24.7. The predicted molar refractivity (Wildman–Crippen MR) is 114 cm³/mol. The van der Waals surface area contributed by atoms with Crippen molar-refractivity contribution in [1.82, 2.24) is 0 Å².